The number of nitrogens with zero attached hydrogens (tertiary/aromatic N) is 1. The second-order valence-electron chi connectivity index (χ2n) is 5.01. The van der Waals surface area contributed by atoms with Gasteiger partial charge in [0.2, 0.25) is 0 Å². The molecule has 0 bridgehead atoms. The molecular weight excluding hydrogens is 280 g/mol. The zero-order valence-electron chi connectivity index (χ0n) is 12.1. The molecule has 0 fully saturated rings. The van der Waals surface area contributed by atoms with Crippen molar-refractivity contribution in [2.24, 2.45) is 5.73 Å². The fourth-order valence-electron chi connectivity index (χ4n) is 2.17. The van der Waals surface area contributed by atoms with Gasteiger partial charge in [-0.05, 0) is 42.4 Å². The summed E-state index contributed by atoms with van der Waals surface area (Å²) in [4.78, 5) is 2.26. The molecule has 2 nitrogen and oxygen atoms in total. The monoisotopic (exact) mass is 298 g/mol. The SMILES string of the molecule is CN(Cc1ccc(Cl)cc1)Cc1cccc(C#CCN)c1. The molecule has 0 heterocycles. The van der Waals surface area contributed by atoms with Crippen molar-refractivity contribution in [1.82, 2.24) is 4.90 Å². The Kier molecular flexibility index (Phi) is 5.83. The van der Waals surface area contributed by atoms with Crippen molar-refractivity contribution in [2.75, 3.05) is 13.6 Å². The van der Waals surface area contributed by atoms with Crippen LogP contribution in [0.25, 0.3) is 0 Å². The van der Waals surface area contributed by atoms with Crippen LogP contribution in [0.4, 0.5) is 0 Å². The minimum Gasteiger partial charge on any atom is -0.320 e. The lowest BCUT2D eigenvalue weighted by molar-refractivity contribution is 0.319. The zero-order chi connectivity index (χ0) is 15.1. The fourth-order valence-corrected chi connectivity index (χ4v) is 2.30. The van der Waals surface area contributed by atoms with E-state index in [-0.39, 0.29) is 0 Å². The van der Waals surface area contributed by atoms with Gasteiger partial charge in [0, 0.05) is 23.7 Å². The highest BCUT2D eigenvalue weighted by Crippen LogP contribution is 2.13. The highest BCUT2D eigenvalue weighted by molar-refractivity contribution is 6.30. The van der Waals surface area contributed by atoms with E-state index in [1.807, 2.05) is 24.3 Å². The minimum absolute atomic E-state index is 0.390. The molecule has 0 saturated carbocycles. The van der Waals surface area contributed by atoms with Crippen molar-refractivity contribution in [2.45, 2.75) is 13.1 Å². The molecule has 108 valence electrons. The van der Waals surface area contributed by atoms with Crippen molar-refractivity contribution in [3.63, 3.8) is 0 Å². The van der Waals surface area contributed by atoms with Crippen LogP contribution in [0.3, 0.4) is 0 Å². The molecule has 0 unspecified atom stereocenters. The van der Waals surface area contributed by atoms with E-state index >= 15 is 0 Å². The van der Waals surface area contributed by atoms with Gasteiger partial charge in [0.1, 0.15) is 0 Å². The molecule has 21 heavy (non-hydrogen) atoms. The molecule has 0 aliphatic rings. The molecule has 0 aromatic heterocycles. The summed E-state index contributed by atoms with van der Waals surface area (Å²) in [7, 11) is 2.10. The number of halogens is 1. The maximum Gasteiger partial charge on any atom is 0.0555 e. The summed E-state index contributed by atoms with van der Waals surface area (Å²) < 4.78 is 0. The first-order valence-electron chi connectivity index (χ1n) is 6.88. The highest BCUT2D eigenvalue weighted by atomic mass is 35.5. The van der Waals surface area contributed by atoms with Crippen molar-refractivity contribution < 1.29 is 0 Å². The molecular formula is C18H19ClN2. The predicted octanol–water partition coefficient (Wildman–Crippen LogP) is 3.28. The zero-order valence-corrected chi connectivity index (χ0v) is 12.9. The Hall–Kier alpha value is -1.79. The van der Waals surface area contributed by atoms with E-state index in [1.54, 1.807) is 0 Å². The Morgan fingerprint density at radius 3 is 2.48 bits per heavy atom. The molecule has 0 saturated heterocycles. The standard InChI is InChI=1S/C18H19ClN2/c1-21(13-16-7-9-18(19)10-8-16)14-17-5-2-4-15(12-17)6-3-11-20/h2,4-5,7-10,12H,11,13-14,20H2,1H3. The Morgan fingerprint density at radius 1 is 1.05 bits per heavy atom. The molecule has 2 aromatic rings. The molecule has 3 heteroatoms. The van der Waals surface area contributed by atoms with Crippen LogP contribution in [0.5, 0.6) is 0 Å². The molecule has 0 spiro atoms. The van der Waals surface area contributed by atoms with Crippen LogP contribution in [-0.4, -0.2) is 18.5 Å². The van der Waals surface area contributed by atoms with Crippen LogP contribution in [0.2, 0.25) is 5.02 Å². The van der Waals surface area contributed by atoms with Crippen molar-refractivity contribution >= 4 is 11.6 Å². The molecule has 2 rings (SSSR count). The van der Waals surface area contributed by atoms with Crippen molar-refractivity contribution in [3.05, 3.63) is 70.2 Å². The number of hydrogen-bond acceptors (Lipinski definition) is 2. The van der Waals surface area contributed by atoms with Gasteiger partial charge in [-0.3, -0.25) is 4.90 Å². The summed E-state index contributed by atoms with van der Waals surface area (Å²) in [5.74, 6) is 5.95. The Morgan fingerprint density at radius 2 is 1.76 bits per heavy atom. The van der Waals surface area contributed by atoms with Crippen LogP contribution in [0.15, 0.2) is 48.5 Å². The summed E-state index contributed by atoms with van der Waals surface area (Å²) in [5, 5.41) is 0.771. The van der Waals surface area contributed by atoms with Crippen LogP contribution in [0.1, 0.15) is 16.7 Å². The number of benzene rings is 2. The maximum absolute atomic E-state index is 5.90. The molecule has 0 aliphatic heterocycles. The van der Waals surface area contributed by atoms with Gasteiger partial charge in [-0.15, -0.1) is 0 Å². The second kappa shape index (κ2) is 7.85. The summed E-state index contributed by atoms with van der Waals surface area (Å²) >= 11 is 5.90. The Balaban J connectivity index is 1.99. The normalized spacial score (nSPS) is 10.3. The molecule has 0 amide bonds. The lowest BCUT2D eigenvalue weighted by Gasteiger charge is -2.17. The smallest absolute Gasteiger partial charge is 0.0555 e. The fraction of sp³-hybridized carbons (Fsp3) is 0.222. The second-order valence-corrected chi connectivity index (χ2v) is 5.44. The quantitative estimate of drug-likeness (QED) is 0.878. The number of nitrogens with two attached hydrogens (primary N) is 1. The number of hydrogen-bond donors (Lipinski definition) is 1. The van der Waals surface area contributed by atoms with Crippen molar-refractivity contribution in [1.29, 1.82) is 0 Å². The third-order valence-corrected chi connectivity index (χ3v) is 3.33. The van der Waals surface area contributed by atoms with E-state index in [0.717, 1.165) is 23.7 Å². The highest BCUT2D eigenvalue weighted by Gasteiger charge is 2.02. The third kappa shape index (κ3) is 5.24. The molecule has 2 N–H and O–H groups in total. The van der Waals surface area contributed by atoms with E-state index in [0.29, 0.717) is 6.54 Å². The summed E-state index contributed by atoms with van der Waals surface area (Å²) in [6, 6.07) is 16.2. The maximum atomic E-state index is 5.90. The lowest BCUT2D eigenvalue weighted by Crippen LogP contribution is -2.17. The lowest BCUT2D eigenvalue weighted by atomic mass is 10.1. The van der Waals surface area contributed by atoms with Gasteiger partial charge < -0.3 is 5.73 Å². The third-order valence-electron chi connectivity index (χ3n) is 3.08. The Labute approximate surface area is 131 Å². The Bertz CT molecular complexity index is 638. The molecule has 2 aromatic carbocycles. The van der Waals surface area contributed by atoms with E-state index in [2.05, 4.69) is 48.1 Å². The van der Waals surface area contributed by atoms with Gasteiger partial charge in [0.25, 0.3) is 0 Å². The van der Waals surface area contributed by atoms with Crippen LogP contribution >= 0.6 is 11.6 Å². The van der Waals surface area contributed by atoms with Gasteiger partial charge in [-0.25, -0.2) is 0 Å². The summed E-state index contributed by atoms with van der Waals surface area (Å²) in [5.41, 5.74) is 8.91. The van der Waals surface area contributed by atoms with Gasteiger partial charge in [-0.2, -0.15) is 0 Å². The first kappa shape index (κ1) is 15.6. The van der Waals surface area contributed by atoms with Crippen molar-refractivity contribution in [3.8, 4) is 11.8 Å². The van der Waals surface area contributed by atoms with Gasteiger partial charge in [-0.1, -0.05) is 47.7 Å². The summed E-state index contributed by atoms with van der Waals surface area (Å²) in [6.45, 7) is 2.15. The minimum atomic E-state index is 0.390. The van der Waals surface area contributed by atoms with Crippen LogP contribution in [0, 0.1) is 11.8 Å². The predicted molar refractivity (Wildman–Crippen MR) is 89.0 cm³/mol. The first-order valence-corrected chi connectivity index (χ1v) is 7.26. The van der Waals surface area contributed by atoms with Crippen LogP contribution < -0.4 is 5.73 Å². The number of rotatable bonds is 4. The summed E-state index contributed by atoms with van der Waals surface area (Å²) in [6.07, 6.45) is 0. The van der Waals surface area contributed by atoms with Gasteiger partial charge in [0.15, 0.2) is 0 Å². The molecule has 0 atom stereocenters. The van der Waals surface area contributed by atoms with Gasteiger partial charge >= 0.3 is 0 Å². The molecule has 0 aliphatic carbocycles. The average Bonchev–Trinajstić information content (AvgIpc) is 2.48. The topological polar surface area (TPSA) is 29.3 Å². The van der Waals surface area contributed by atoms with E-state index in [4.69, 9.17) is 17.3 Å². The molecule has 0 radical (unpaired) electrons. The van der Waals surface area contributed by atoms with Crippen LogP contribution in [-0.2, 0) is 13.1 Å². The van der Waals surface area contributed by atoms with E-state index < -0.39 is 0 Å². The first-order chi connectivity index (χ1) is 10.2. The van der Waals surface area contributed by atoms with E-state index in [1.165, 1.54) is 11.1 Å². The van der Waals surface area contributed by atoms with Gasteiger partial charge in [0.05, 0.1) is 6.54 Å². The largest absolute Gasteiger partial charge is 0.320 e. The average molecular weight is 299 g/mol. The van der Waals surface area contributed by atoms with E-state index in [9.17, 15) is 0 Å².